The number of thiophene rings is 1. The van der Waals surface area contributed by atoms with Crippen LogP contribution < -0.4 is 0 Å². The molecule has 3 aromatic rings. The van der Waals surface area contributed by atoms with Crippen LogP contribution in [0.25, 0.3) is 21.2 Å². The first-order valence-corrected chi connectivity index (χ1v) is 11.5. The van der Waals surface area contributed by atoms with Crippen LogP contribution >= 0.6 is 11.3 Å². The number of carboxylic acid groups (broad SMARTS) is 1. The summed E-state index contributed by atoms with van der Waals surface area (Å²) >= 11 is 1.46. The zero-order valence-electron chi connectivity index (χ0n) is 16.2. The van der Waals surface area contributed by atoms with Crippen molar-refractivity contribution in [1.82, 2.24) is 0 Å². The van der Waals surface area contributed by atoms with Gasteiger partial charge in [0.1, 0.15) is 5.75 Å². The molecule has 4 fully saturated rings. The van der Waals surface area contributed by atoms with E-state index in [0.29, 0.717) is 11.3 Å². The molecule has 0 radical (unpaired) electrons. The smallest absolute Gasteiger partial charge is 0.336 e. The van der Waals surface area contributed by atoms with Gasteiger partial charge in [0.2, 0.25) is 0 Å². The lowest BCUT2D eigenvalue weighted by Gasteiger charge is -2.57. The van der Waals surface area contributed by atoms with Gasteiger partial charge in [-0.15, -0.1) is 11.3 Å². The van der Waals surface area contributed by atoms with Gasteiger partial charge in [-0.05, 0) is 102 Å². The fourth-order valence-electron chi connectivity index (χ4n) is 6.90. The van der Waals surface area contributed by atoms with Gasteiger partial charge in [0, 0.05) is 15.8 Å². The van der Waals surface area contributed by atoms with Crippen LogP contribution in [0.5, 0.6) is 5.75 Å². The van der Waals surface area contributed by atoms with Crippen LogP contribution in [0.3, 0.4) is 0 Å². The zero-order chi connectivity index (χ0) is 19.8. The van der Waals surface area contributed by atoms with Gasteiger partial charge in [-0.25, -0.2) is 4.79 Å². The van der Waals surface area contributed by atoms with Crippen LogP contribution in [0.4, 0.5) is 0 Å². The van der Waals surface area contributed by atoms with Crippen LogP contribution in [-0.4, -0.2) is 16.2 Å². The highest BCUT2D eigenvalue weighted by Crippen LogP contribution is 2.62. The molecule has 4 aliphatic rings. The van der Waals surface area contributed by atoms with Crippen molar-refractivity contribution in [1.29, 1.82) is 0 Å². The monoisotopic (exact) mass is 404 g/mol. The number of phenolic OH excluding ortho intramolecular Hbond substituents is 1. The molecular formula is C25H24O3S. The van der Waals surface area contributed by atoms with E-state index in [9.17, 15) is 15.0 Å². The number of carbonyl (C=O) groups is 1. The molecule has 0 atom stereocenters. The molecule has 0 spiro atoms. The highest BCUT2D eigenvalue weighted by molar-refractivity contribution is 7.13. The quantitative estimate of drug-likeness (QED) is 0.528. The van der Waals surface area contributed by atoms with E-state index in [0.717, 1.165) is 44.5 Å². The summed E-state index contributed by atoms with van der Waals surface area (Å²) in [6.07, 6.45) is 7.85. The van der Waals surface area contributed by atoms with E-state index in [-0.39, 0.29) is 5.41 Å². The third-order valence-corrected chi connectivity index (χ3v) is 8.67. The molecule has 4 aliphatic carbocycles. The van der Waals surface area contributed by atoms with Gasteiger partial charge in [0.05, 0.1) is 5.56 Å². The summed E-state index contributed by atoms with van der Waals surface area (Å²) in [5, 5.41) is 24.0. The maximum absolute atomic E-state index is 11.2. The highest BCUT2D eigenvalue weighted by atomic mass is 32.1. The minimum atomic E-state index is -0.887. The van der Waals surface area contributed by atoms with E-state index < -0.39 is 5.97 Å². The Morgan fingerprint density at radius 3 is 2.24 bits per heavy atom. The summed E-state index contributed by atoms with van der Waals surface area (Å²) in [5.74, 6) is 2.08. The molecule has 2 aromatic carbocycles. The van der Waals surface area contributed by atoms with Crippen LogP contribution in [0, 0.1) is 17.8 Å². The standard InChI is InChI=1S/C25H24O3S/c26-22-8-17-1-2-18(23-9-20(13-29-23)24(27)28)6-19(17)7-21(22)25-10-14-3-15(11-25)5-16(4-14)12-25/h1-2,6-9,13-16,26H,3-5,10-12H2,(H,27,28). The molecule has 4 bridgehead atoms. The summed E-state index contributed by atoms with van der Waals surface area (Å²) in [5.41, 5.74) is 2.68. The van der Waals surface area contributed by atoms with Gasteiger partial charge >= 0.3 is 5.97 Å². The second-order valence-electron chi connectivity index (χ2n) is 9.63. The Bertz CT molecular complexity index is 1110. The molecule has 1 heterocycles. The normalized spacial score (nSPS) is 30.1. The maximum Gasteiger partial charge on any atom is 0.336 e. The first kappa shape index (κ1) is 17.5. The van der Waals surface area contributed by atoms with Crippen molar-refractivity contribution in [2.75, 3.05) is 0 Å². The largest absolute Gasteiger partial charge is 0.508 e. The van der Waals surface area contributed by atoms with Crippen LogP contribution in [-0.2, 0) is 5.41 Å². The fourth-order valence-corrected chi connectivity index (χ4v) is 7.78. The topological polar surface area (TPSA) is 57.5 Å². The van der Waals surface area contributed by atoms with Gasteiger partial charge < -0.3 is 10.2 Å². The molecule has 0 unspecified atom stereocenters. The summed E-state index contributed by atoms with van der Waals surface area (Å²) in [4.78, 5) is 12.2. The summed E-state index contributed by atoms with van der Waals surface area (Å²) in [7, 11) is 0. The molecule has 0 aliphatic heterocycles. The predicted octanol–water partition coefficient (Wildman–Crippen LogP) is 6.44. The first-order valence-electron chi connectivity index (χ1n) is 10.6. The van der Waals surface area contributed by atoms with Crippen molar-refractivity contribution >= 4 is 28.1 Å². The van der Waals surface area contributed by atoms with E-state index in [4.69, 9.17) is 0 Å². The van der Waals surface area contributed by atoms with Crippen molar-refractivity contribution in [3.63, 3.8) is 0 Å². The molecule has 0 amide bonds. The summed E-state index contributed by atoms with van der Waals surface area (Å²) < 4.78 is 0. The van der Waals surface area contributed by atoms with Gasteiger partial charge in [-0.2, -0.15) is 0 Å². The number of phenols is 1. The minimum absolute atomic E-state index is 0.155. The molecule has 148 valence electrons. The maximum atomic E-state index is 11.2. The fraction of sp³-hybridized carbons (Fsp3) is 0.400. The van der Waals surface area contributed by atoms with Crippen molar-refractivity contribution in [2.45, 2.75) is 43.9 Å². The van der Waals surface area contributed by atoms with Gasteiger partial charge in [-0.1, -0.05) is 12.1 Å². The molecule has 1 aromatic heterocycles. The van der Waals surface area contributed by atoms with Gasteiger partial charge in [0.25, 0.3) is 0 Å². The summed E-state index contributed by atoms with van der Waals surface area (Å²) in [6.45, 7) is 0. The SMILES string of the molecule is O=C(O)c1csc(-c2ccc3cc(O)c(C45CC6CC(CC(C6)C4)C5)cc3c2)c1. The second-order valence-corrected chi connectivity index (χ2v) is 10.5. The average molecular weight is 405 g/mol. The van der Waals surface area contributed by atoms with Gasteiger partial charge in [-0.3, -0.25) is 0 Å². The number of aromatic carboxylic acids is 1. The van der Waals surface area contributed by atoms with E-state index in [2.05, 4.69) is 12.1 Å². The highest BCUT2D eigenvalue weighted by Gasteiger charge is 2.52. The lowest BCUT2D eigenvalue weighted by Crippen LogP contribution is -2.48. The van der Waals surface area contributed by atoms with Crippen molar-refractivity contribution in [3.05, 3.63) is 52.9 Å². The lowest BCUT2D eigenvalue weighted by molar-refractivity contribution is -0.00606. The number of benzene rings is 2. The zero-order valence-corrected chi connectivity index (χ0v) is 17.0. The molecule has 0 saturated heterocycles. The average Bonchev–Trinajstić information content (AvgIpc) is 3.16. The third-order valence-electron chi connectivity index (χ3n) is 7.70. The van der Waals surface area contributed by atoms with Crippen LogP contribution in [0.2, 0.25) is 0 Å². The molecule has 4 heteroatoms. The summed E-state index contributed by atoms with van der Waals surface area (Å²) in [6, 6.07) is 12.1. The van der Waals surface area contributed by atoms with Crippen LogP contribution in [0.15, 0.2) is 41.8 Å². The number of rotatable bonds is 3. The molecule has 2 N–H and O–H groups in total. The Kier molecular flexibility index (Phi) is 3.68. The molecule has 29 heavy (non-hydrogen) atoms. The van der Waals surface area contributed by atoms with Gasteiger partial charge in [0.15, 0.2) is 0 Å². The molecule has 7 rings (SSSR count). The molecule has 3 nitrogen and oxygen atoms in total. The first-order chi connectivity index (χ1) is 14.0. The van der Waals surface area contributed by atoms with E-state index >= 15 is 0 Å². The van der Waals surface area contributed by atoms with Crippen molar-refractivity contribution < 1.29 is 15.0 Å². The lowest BCUT2D eigenvalue weighted by atomic mass is 9.48. The number of hydrogen-bond donors (Lipinski definition) is 2. The number of fused-ring (bicyclic) bond motifs is 1. The number of hydrogen-bond acceptors (Lipinski definition) is 3. The number of carboxylic acids is 1. The molecular weight excluding hydrogens is 380 g/mol. The Balaban J connectivity index is 1.45. The molecule has 4 saturated carbocycles. The minimum Gasteiger partial charge on any atom is -0.508 e. The third kappa shape index (κ3) is 2.72. The van der Waals surface area contributed by atoms with Crippen LogP contribution in [0.1, 0.15) is 54.4 Å². The number of aromatic hydroxyl groups is 1. The van der Waals surface area contributed by atoms with E-state index in [1.807, 2.05) is 18.2 Å². The van der Waals surface area contributed by atoms with Crippen molar-refractivity contribution in [2.24, 2.45) is 17.8 Å². The Hall–Kier alpha value is -2.33. The Morgan fingerprint density at radius 1 is 0.931 bits per heavy atom. The Morgan fingerprint density at radius 2 is 1.62 bits per heavy atom. The van der Waals surface area contributed by atoms with E-state index in [1.165, 1.54) is 49.9 Å². The van der Waals surface area contributed by atoms with E-state index in [1.54, 1.807) is 11.4 Å². The second kappa shape index (κ2) is 6.09. The Labute approximate surface area is 174 Å². The predicted molar refractivity (Wildman–Crippen MR) is 116 cm³/mol. The van der Waals surface area contributed by atoms with Crippen molar-refractivity contribution in [3.8, 4) is 16.2 Å².